The van der Waals surface area contributed by atoms with E-state index in [1.165, 1.54) is 30.4 Å². The minimum absolute atomic E-state index is 0.149. The lowest BCUT2D eigenvalue weighted by atomic mass is 9.60. The Morgan fingerprint density at radius 1 is 1.24 bits per heavy atom. The Labute approximate surface area is 131 Å². The lowest BCUT2D eigenvalue weighted by Gasteiger charge is -2.48. The third-order valence-corrected chi connectivity index (χ3v) is 5.11. The van der Waals surface area contributed by atoms with Crippen molar-refractivity contribution in [2.45, 2.75) is 72.3 Å². The van der Waals surface area contributed by atoms with Gasteiger partial charge in [-0.1, -0.05) is 71.7 Å². The van der Waals surface area contributed by atoms with Crippen LogP contribution >= 0.6 is 0 Å². The van der Waals surface area contributed by atoms with Gasteiger partial charge in [0, 0.05) is 5.54 Å². The van der Waals surface area contributed by atoms with E-state index in [0.29, 0.717) is 11.8 Å². The molecule has 1 aromatic rings. The summed E-state index contributed by atoms with van der Waals surface area (Å²) >= 11 is 0. The second-order valence-electron chi connectivity index (χ2n) is 8.50. The highest BCUT2D eigenvalue weighted by Crippen LogP contribution is 2.48. The molecule has 0 aromatic heterocycles. The molecule has 1 aromatic carbocycles. The van der Waals surface area contributed by atoms with Gasteiger partial charge in [0.05, 0.1) is 0 Å². The lowest BCUT2D eigenvalue weighted by Crippen LogP contribution is -2.51. The summed E-state index contributed by atoms with van der Waals surface area (Å²) in [6.07, 6.45) is 6.11. The maximum Gasteiger partial charge on any atom is 0.0443 e. The maximum atomic E-state index is 7.01. The first-order valence-electron chi connectivity index (χ1n) is 8.62. The zero-order valence-corrected chi connectivity index (χ0v) is 14.6. The lowest BCUT2D eigenvalue weighted by molar-refractivity contribution is 0.0777. The highest BCUT2D eigenvalue weighted by molar-refractivity contribution is 5.31. The molecule has 2 unspecified atom stereocenters. The highest BCUT2D eigenvalue weighted by Gasteiger charge is 2.44. The molecular weight excluding hydrogens is 254 g/mol. The van der Waals surface area contributed by atoms with Gasteiger partial charge in [0.1, 0.15) is 0 Å². The van der Waals surface area contributed by atoms with Crippen LogP contribution in [-0.2, 0) is 12.0 Å². The molecule has 1 saturated carbocycles. The zero-order chi connectivity index (χ0) is 15.7. The molecule has 21 heavy (non-hydrogen) atoms. The van der Waals surface area contributed by atoms with Gasteiger partial charge in [0.2, 0.25) is 0 Å². The van der Waals surface area contributed by atoms with Crippen molar-refractivity contribution >= 4 is 0 Å². The summed E-state index contributed by atoms with van der Waals surface area (Å²) in [5.74, 6) is 1.26. The van der Waals surface area contributed by atoms with Crippen molar-refractivity contribution in [1.82, 2.24) is 0 Å². The van der Waals surface area contributed by atoms with Crippen molar-refractivity contribution in [1.29, 1.82) is 0 Å². The number of rotatable bonds is 3. The summed E-state index contributed by atoms with van der Waals surface area (Å²) < 4.78 is 0. The van der Waals surface area contributed by atoms with Gasteiger partial charge in [-0.3, -0.25) is 0 Å². The van der Waals surface area contributed by atoms with Crippen LogP contribution in [0.2, 0.25) is 0 Å². The van der Waals surface area contributed by atoms with Crippen LogP contribution < -0.4 is 5.73 Å². The number of hydrogen-bond acceptors (Lipinski definition) is 1. The molecule has 1 heteroatoms. The molecule has 0 amide bonds. The quantitative estimate of drug-likeness (QED) is 0.804. The summed E-state index contributed by atoms with van der Waals surface area (Å²) in [6.45, 7) is 11.6. The number of benzene rings is 1. The van der Waals surface area contributed by atoms with Crippen molar-refractivity contribution in [3.8, 4) is 0 Å². The first kappa shape index (κ1) is 16.5. The van der Waals surface area contributed by atoms with Crippen molar-refractivity contribution in [3.05, 3.63) is 35.4 Å². The predicted octanol–water partition coefficient (Wildman–Crippen LogP) is 5.28. The molecule has 0 bridgehead atoms. The van der Waals surface area contributed by atoms with E-state index in [4.69, 9.17) is 5.73 Å². The molecule has 2 rings (SSSR count). The normalized spacial score (nSPS) is 27.1. The van der Waals surface area contributed by atoms with E-state index < -0.39 is 0 Å². The van der Waals surface area contributed by atoms with Crippen LogP contribution in [0.3, 0.4) is 0 Å². The first-order chi connectivity index (χ1) is 9.73. The molecule has 1 aliphatic rings. The predicted molar refractivity (Wildman–Crippen MR) is 92.3 cm³/mol. The minimum Gasteiger partial charge on any atom is -0.321 e. The molecule has 1 fully saturated rings. The second kappa shape index (κ2) is 6.12. The van der Waals surface area contributed by atoms with Gasteiger partial charge >= 0.3 is 0 Å². The fourth-order valence-corrected chi connectivity index (χ4v) is 4.21. The number of nitrogens with two attached hydrogens (primary N) is 1. The molecule has 1 aliphatic carbocycles. The standard InChI is InChI=1S/C20H33N/c1-15(2)13-16-9-8-10-17(14-16)20(21)12-7-6-11-18(20)19(3,4)5/h8-10,14-15,18H,6-7,11-13,21H2,1-5H3. The van der Waals surface area contributed by atoms with Gasteiger partial charge < -0.3 is 5.73 Å². The van der Waals surface area contributed by atoms with E-state index >= 15 is 0 Å². The van der Waals surface area contributed by atoms with E-state index in [1.54, 1.807) is 0 Å². The van der Waals surface area contributed by atoms with E-state index in [1.807, 2.05) is 0 Å². The summed E-state index contributed by atoms with van der Waals surface area (Å²) in [5.41, 5.74) is 9.93. The maximum absolute atomic E-state index is 7.01. The van der Waals surface area contributed by atoms with Crippen molar-refractivity contribution in [2.75, 3.05) is 0 Å². The van der Waals surface area contributed by atoms with E-state index in [9.17, 15) is 0 Å². The van der Waals surface area contributed by atoms with Crippen molar-refractivity contribution in [3.63, 3.8) is 0 Å². The molecular formula is C20H33N. The molecule has 2 atom stereocenters. The Bertz CT molecular complexity index is 469. The Morgan fingerprint density at radius 2 is 1.95 bits per heavy atom. The topological polar surface area (TPSA) is 26.0 Å². The van der Waals surface area contributed by atoms with E-state index in [0.717, 1.165) is 12.8 Å². The van der Waals surface area contributed by atoms with Crippen molar-refractivity contribution < 1.29 is 0 Å². The Morgan fingerprint density at radius 3 is 2.57 bits per heavy atom. The van der Waals surface area contributed by atoms with Gasteiger partial charge in [-0.2, -0.15) is 0 Å². The molecule has 0 radical (unpaired) electrons. The van der Waals surface area contributed by atoms with Crippen LogP contribution in [0.5, 0.6) is 0 Å². The molecule has 0 saturated heterocycles. The molecule has 0 heterocycles. The molecule has 2 N–H and O–H groups in total. The van der Waals surface area contributed by atoms with E-state index in [-0.39, 0.29) is 11.0 Å². The van der Waals surface area contributed by atoms with Crippen LogP contribution in [0, 0.1) is 17.3 Å². The van der Waals surface area contributed by atoms with Gasteiger partial charge in [-0.05, 0) is 47.6 Å². The molecule has 0 spiro atoms. The van der Waals surface area contributed by atoms with Crippen molar-refractivity contribution in [2.24, 2.45) is 23.0 Å². The second-order valence-corrected chi connectivity index (χ2v) is 8.50. The fourth-order valence-electron chi connectivity index (χ4n) is 4.21. The summed E-state index contributed by atoms with van der Waals surface area (Å²) in [7, 11) is 0. The van der Waals surface area contributed by atoms with Gasteiger partial charge in [0.15, 0.2) is 0 Å². The summed E-state index contributed by atoms with van der Waals surface area (Å²) in [4.78, 5) is 0. The largest absolute Gasteiger partial charge is 0.321 e. The van der Waals surface area contributed by atoms with Gasteiger partial charge in [0.25, 0.3) is 0 Å². The SMILES string of the molecule is CC(C)Cc1cccc(C2(N)CCCCC2C(C)(C)C)c1. The van der Waals surface area contributed by atoms with Crippen LogP contribution in [0.25, 0.3) is 0 Å². The third kappa shape index (κ3) is 3.69. The summed E-state index contributed by atoms with van der Waals surface area (Å²) in [6, 6.07) is 9.09. The Kier molecular flexibility index (Phi) is 4.82. The Balaban J connectivity index is 2.36. The average Bonchev–Trinajstić information content (AvgIpc) is 2.37. The first-order valence-corrected chi connectivity index (χ1v) is 8.62. The highest BCUT2D eigenvalue weighted by atomic mass is 14.8. The molecule has 0 aliphatic heterocycles. The minimum atomic E-state index is -0.149. The summed E-state index contributed by atoms with van der Waals surface area (Å²) in [5, 5.41) is 0. The fraction of sp³-hybridized carbons (Fsp3) is 0.700. The van der Waals surface area contributed by atoms with Crippen LogP contribution in [-0.4, -0.2) is 0 Å². The average molecular weight is 287 g/mol. The van der Waals surface area contributed by atoms with Gasteiger partial charge in [-0.15, -0.1) is 0 Å². The smallest absolute Gasteiger partial charge is 0.0443 e. The number of hydrogen-bond donors (Lipinski definition) is 1. The zero-order valence-electron chi connectivity index (χ0n) is 14.6. The van der Waals surface area contributed by atoms with Crippen LogP contribution in [0.15, 0.2) is 24.3 Å². The molecule has 1 nitrogen and oxygen atoms in total. The van der Waals surface area contributed by atoms with Gasteiger partial charge in [-0.25, -0.2) is 0 Å². The third-order valence-electron chi connectivity index (χ3n) is 5.11. The monoisotopic (exact) mass is 287 g/mol. The van der Waals surface area contributed by atoms with Crippen LogP contribution in [0.4, 0.5) is 0 Å². The molecule has 118 valence electrons. The van der Waals surface area contributed by atoms with E-state index in [2.05, 4.69) is 58.9 Å². The Hall–Kier alpha value is -0.820. The van der Waals surface area contributed by atoms with Crippen LogP contribution in [0.1, 0.15) is 71.4 Å².